The molecule has 1 aromatic carbocycles. The fraction of sp³-hybridized carbons (Fsp3) is 0.364. The van der Waals surface area contributed by atoms with E-state index in [1.807, 2.05) is 6.07 Å². The van der Waals surface area contributed by atoms with Crippen LogP contribution in [0.2, 0.25) is 0 Å². The Hall–Kier alpha value is -1.33. The molecule has 0 aromatic heterocycles. The van der Waals surface area contributed by atoms with Crippen molar-refractivity contribution in [1.82, 2.24) is 4.90 Å². The molecule has 0 spiro atoms. The summed E-state index contributed by atoms with van der Waals surface area (Å²) in [5.41, 5.74) is 1.33. The summed E-state index contributed by atoms with van der Waals surface area (Å²) < 4.78 is 0. The van der Waals surface area contributed by atoms with Gasteiger partial charge in [-0.1, -0.05) is 30.3 Å². The van der Waals surface area contributed by atoms with Gasteiger partial charge in [0, 0.05) is 19.6 Å². The molecular weight excluding hydrogens is 160 g/mol. The third-order valence-corrected chi connectivity index (χ3v) is 2.39. The first-order valence-electron chi connectivity index (χ1n) is 4.54. The first kappa shape index (κ1) is 8.28. The van der Waals surface area contributed by atoms with E-state index >= 15 is 0 Å². The van der Waals surface area contributed by atoms with Crippen LogP contribution in [-0.4, -0.2) is 18.0 Å². The van der Waals surface area contributed by atoms with Gasteiger partial charge in [-0.15, -0.1) is 0 Å². The van der Waals surface area contributed by atoms with Crippen LogP contribution >= 0.6 is 0 Å². The van der Waals surface area contributed by atoms with Gasteiger partial charge < -0.3 is 0 Å². The van der Waals surface area contributed by atoms with E-state index in [1.165, 1.54) is 5.56 Å². The molecule has 0 aliphatic carbocycles. The molecule has 1 aliphatic heterocycles. The largest absolute Gasteiger partial charge is 0.296 e. The van der Waals surface area contributed by atoms with E-state index in [4.69, 9.17) is 5.26 Å². The molecule has 1 heterocycles. The van der Waals surface area contributed by atoms with Crippen molar-refractivity contribution in [2.75, 3.05) is 13.1 Å². The molecular formula is C11H12N2. The highest BCUT2D eigenvalue weighted by Crippen LogP contribution is 2.17. The Morgan fingerprint density at radius 1 is 1.31 bits per heavy atom. The summed E-state index contributed by atoms with van der Waals surface area (Å²) >= 11 is 0. The van der Waals surface area contributed by atoms with Crippen LogP contribution in [0.5, 0.6) is 0 Å². The van der Waals surface area contributed by atoms with Crippen LogP contribution in [0.25, 0.3) is 0 Å². The van der Waals surface area contributed by atoms with Crippen LogP contribution < -0.4 is 0 Å². The van der Waals surface area contributed by atoms with E-state index in [0.717, 1.165) is 19.6 Å². The van der Waals surface area contributed by atoms with Crippen molar-refractivity contribution in [2.45, 2.75) is 6.54 Å². The van der Waals surface area contributed by atoms with Crippen molar-refractivity contribution < 1.29 is 0 Å². The van der Waals surface area contributed by atoms with Crippen LogP contribution in [-0.2, 0) is 6.54 Å². The minimum atomic E-state index is 0.267. The highest BCUT2D eigenvalue weighted by molar-refractivity contribution is 5.15. The summed E-state index contributed by atoms with van der Waals surface area (Å²) in [6.07, 6.45) is 0. The van der Waals surface area contributed by atoms with Gasteiger partial charge in [0.15, 0.2) is 0 Å². The summed E-state index contributed by atoms with van der Waals surface area (Å²) in [5, 5.41) is 8.59. The van der Waals surface area contributed by atoms with E-state index in [-0.39, 0.29) is 5.92 Å². The molecule has 2 rings (SSSR count). The highest BCUT2D eigenvalue weighted by Gasteiger charge is 2.25. The van der Waals surface area contributed by atoms with Gasteiger partial charge >= 0.3 is 0 Å². The van der Waals surface area contributed by atoms with E-state index in [9.17, 15) is 0 Å². The van der Waals surface area contributed by atoms with Gasteiger partial charge in [-0.25, -0.2) is 0 Å². The summed E-state index contributed by atoms with van der Waals surface area (Å²) in [7, 11) is 0. The number of nitrogens with zero attached hydrogens (tertiary/aromatic N) is 2. The van der Waals surface area contributed by atoms with Gasteiger partial charge in [-0.2, -0.15) is 5.26 Å². The average Bonchev–Trinajstić information content (AvgIpc) is 2.12. The summed E-state index contributed by atoms with van der Waals surface area (Å²) in [6.45, 7) is 2.86. The van der Waals surface area contributed by atoms with Gasteiger partial charge in [0.1, 0.15) is 0 Å². The molecule has 0 saturated carbocycles. The molecule has 1 aliphatic rings. The minimum Gasteiger partial charge on any atom is -0.296 e. The highest BCUT2D eigenvalue weighted by atomic mass is 15.2. The lowest BCUT2D eigenvalue weighted by Gasteiger charge is -2.35. The predicted octanol–water partition coefficient (Wildman–Crippen LogP) is 1.64. The molecule has 0 amide bonds. The monoisotopic (exact) mass is 172 g/mol. The molecule has 0 bridgehead atoms. The lowest BCUT2D eigenvalue weighted by Crippen LogP contribution is -2.45. The van der Waals surface area contributed by atoms with Crippen molar-refractivity contribution >= 4 is 0 Å². The second kappa shape index (κ2) is 3.59. The third kappa shape index (κ3) is 1.88. The zero-order valence-corrected chi connectivity index (χ0v) is 7.48. The maximum absolute atomic E-state index is 8.59. The van der Waals surface area contributed by atoms with Gasteiger partial charge in [0.25, 0.3) is 0 Å². The molecule has 0 atom stereocenters. The maximum atomic E-state index is 8.59. The molecule has 1 saturated heterocycles. The fourth-order valence-electron chi connectivity index (χ4n) is 1.62. The molecule has 66 valence electrons. The number of likely N-dealkylation sites (tertiary alicyclic amines) is 1. The first-order valence-corrected chi connectivity index (χ1v) is 4.54. The quantitative estimate of drug-likeness (QED) is 0.678. The molecule has 1 aromatic rings. The van der Waals surface area contributed by atoms with Crippen molar-refractivity contribution in [3.8, 4) is 6.07 Å². The molecule has 0 radical (unpaired) electrons. The SMILES string of the molecule is N#CC1CN(Cc2ccccc2)C1. The van der Waals surface area contributed by atoms with Crippen LogP contribution in [0.1, 0.15) is 5.56 Å². The zero-order chi connectivity index (χ0) is 9.10. The van der Waals surface area contributed by atoms with Crippen LogP contribution in [0.3, 0.4) is 0 Å². The smallest absolute Gasteiger partial charge is 0.0717 e. The van der Waals surface area contributed by atoms with Crippen molar-refractivity contribution in [1.29, 1.82) is 5.26 Å². The number of nitriles is 1. The van der Waals surface area contributed by atoms with Crippen molar-refractivity contribution in [3.63, 3.8) is 0 Å². The summed E-state index contributed by atoms with van der Waals surface area (Å²) in [5.74, 6) is 0.267. The summed E-state index contributed by atoms with van der Waals surface area (Å²) in [4.78, 5) is 2.29. The Morgan fingerprint density at radius 3 is 2.62 bits per heavy atom. The molecule has 0 unspecified atom stereocenters. The van der Waals surface area contributed by atoms with E-state index in [1.54, 1.807) is 0 Å². The van der Waals surface area contributed by atoms with Gasteiger partial charge in [-0.05, 0) is 5.56 Å². The molecule has 2 nitrogen and oxygen atoms in total. The standard InChI is InChI=1S/C11H12N2/c12-6-11-8-13(9-11)7-10-4-2-1-3-5-10/h1-5,11H,7-9H2. The molecule has 0 N–H and O–H groups in total. The van der Waals surface area contributed by atoms with Crippen molar-refractivity contribution in [3.05, 3.63) is 35.9 Å². The Bertz CT molecular complexity index is 307. The Kier molecular flexibility index (Phi) is 2.29. The topological polar surface area (TPSA) is 27.0 Å². The van der Waals surface area contributed by atoms with Crippen molar-refractivity contribution in [2.24, 2.45) is 5.92 Å². The maximum Gasteiger partial charge on any atom is 0.0717 e. The average molecular weight is 172 g/mol. The Balaban J connectivity index is 1.85. The molecule has 1 fully saturated rings. The number of benzene rings is 1. The second-order valence-corrected chi connectivity index (χ2v) is 3.51. The van der Waals surface area contributed by atoms with Gasteiger partial charge in [0.05, 0.1) is 12.0 Å². The number of rotatable bonds is 2. The third-order valence-electron chi connectivity index (χ3n) is 2.39. The Labute approximate surface area is 78.4 Å². The van der Waals surface area contributed by atoms with Crippen LogP contribution in [0.4, 0.5) is 0 Å². The normalized spacial score (nSPS) is 17.8. The summed E-state index contributed by atoms with van der Waals surface area (Å²) in [6, 6.07) is 12.7. The molecule has 2 heteroatoms. The molecule has 13 heavy (non-hydrogen) atoms. The van der Waals surface area contributed by atoms with Gasteiger partial charge in [-0.3, -0.25) is 4.90 Å². The van der Waals surface area contributed by atoms with E-state index in [0.29, 0.717) is 0 Å². The van der Waals surface area contributed by atoms with Crippen LogP contribution in [0.15, 0.2) is 30.3 Å². The van der Waals surface area contributed by atoms with E-state index in [2.05, 4.69) is 35.2 Å². The Morgan fingerprint density at radius 2 is 2.00 bits per heavy atom. The number of hydrogen-bond acceptors (Lipinski definition) is 2. The van der Waals surface area contributed by atoms with Crippen LogP contribution in [0, 0.1) is 17.2 Å². The zero-order valence-electron chi connectivity index (χ0n) is 7.48. The van der Waals surface area contributed by atoms with E-state index < -0.39 is 0 Å². The second-order valence-electron chi connectivity index (χ2n) is 3.51. The predicted molar refractivity (Wildman–Crippen MR) is 50.8 cm³/mol. The minimum absolute atomic E-state index is 0.267. The lowest BCUT2D eigenvalue weighted by atomic mass is 10.0. The first-order chi connectivity index (χ1) is 6.38. The lowest BCUT2D eigenvalue weighted by molar-refractivity contribution is 0.127. The fourth-order valence-corrected chi connectivity index (χ4v) is 1.62. The number of hydrogen-bond donors (Lipinski definition) is 0. The van der Waals surface area contributed by atoms with Gasteiger partial charge in [0.2, 0.25) is 0 Å².